The molecule has 1 aromatic heterocycles. The standard InChI is InChI=1S/C7H7ClF2N2O/c8-4-1-3(2-13)5(11)6(12-4)7(9)10/h1,7,13H,2,11H2. The summed E-state index contributed by atoms with van der Waals surface area (Å²) in [7, 11) is 0. The summed E-state index contributed by atoms with van der Waals surface area (Å²) in [5.74, 6) is 0. The van der Waals surface area contributed by atoms with E-state index in [1.165, 1.54) is 6.07 Å². The first-order valence-electron chi connectivity index (χ1n) is 3.40. The van der Waals surface area contributed by atoms with E-state index in [1.807, 2.05) is 0 Å². The van der Waals surface area contributed by atoms with Crippen LogP contribution < -0.4 is 5.73 Å². The topological polar surface area (TPSA) is 59.1 Å². The van der Waals surface area contributed by atoms with Crippen molar-refractivity contribution in [1.29, 1.82) is 0 Å². The molecule has 3 N–H and O–H groups in total. The van der Waals surface area contributed by atoms with Crippen molar-refractivity contribution in [2.75, 3.05) is 5.73 Å². The zero-order chi connectivity index (χ0) is 10.0. The Labute approximate surface area is 78.1 Å². The lowest BCUT2D eigenvalue weighted by Gasteiger charge is -2.08. The Morgan fingerprint density at radius 2 is 2.23 bits per heavy atom. The normalized spacial score (nSPS) is 10.8. The van der Waals surface area contributed by atoms with Crippen LogP contribution in [0.3, 0.4) is 0 Å². The van der Waals surface area contributed by atoms with E-state index in [0.717, 1.165) is 0 Å². The van der Waals surface area contributed by atoms with E-state index in [2.05, 4.69) is 4.98 Å². The maximum atomic E-state index is 12.2. The number of aromatic nitrogens is 1. The lowest BCUT2D eigenvalue weighted by atomic mass is 10.2. The molecule has 0 aromatic carbocycles. The van der Waals surface area contributed by atoms with E-state index < -0.39 is 18.7 Å². The van der Waals surface area contributed by atoms with Crippen molar-refractivity contribution in [2.45, 2.75) is 13.0 Å². The molecule has 13 heavy (non-hydrogen) atoms. The lowest BCUT2D eigenvalue weighted by molar-refractivity contribution is 0.146. The molecule has 1 heterocycles. The molecule has 0 radical (unpaired) electrons. The van der Waals surface area contributed by atoms with Crippen LogP contribution in [0.5, 0.6) is 0 Å². The van der Waals surface area contributed by atoms with E-state index in [0.29, 0.717) is 0 Å². The number of halogens is 3. The molecule has 0 aliphatic heterocycles. The molecule has 1 aromatic rings. The van der Waals surface area contributed by atoms with Crippen LogP contribution in [0.4, 0.5) is 14.5 Å². The number of hydrogen-bond acceptors (Lipinski definition) is 3. The third kappa shape index (κ3) is 2.05. The van der Waals surface area contributed by atoms with Gasteiger partial charge in [0.15, 0.2) is 0 Å². The van der Waals surface area contributed by atoms with Crippen molar-refractivity contribution < 1.29 is 13.9 Å². The Morgan fingerprint density at radius 3 is 2.69 bits per heavy atom. The minimum absolute atomic E-state index is 0.103. The van der Waals surface area contributed by atoms with Gasteiger partial charge in [-0.15, -0.1) is 0 Å². The Balaban J connectivity index is 3.27. The van der Waals surface area contributed by atoms with Gasteiger partial charge >= 0.3 is 0 Å². The number of nitrogen functional groups attached to an aromatic ring is 1. The number of aliphatic hydroxyl groups is 1. The SMILES string of the molecule is Nc1c(CO)cc(Cl)nc1C(F)F. The molecule has 1 rings (SSSR count). The molecule has 0 aliphatic rings. The summed E-state index contributed by atoms with van der Waals surface area (Å²) in [5, 5.41) is 8.63. The van der Waals surface area contributed by atoms with Crippen LogP contribution in [0.2, 0.25) is 5.15 Å². The first-order chi connectivity index (χ1) is 6.06. The summed E-state index contributed by atoms with van der Waals surface area (Å²) in [4.78, 5) is 3.36. The molecule has 0 amide bonds. The molecule has 0 saturated carbocycles. The second-order valence-electron chi connectivity index (χ2n) is 2.36. The summed E-state index contributed by atoms with van der Waals surface area (Å²) in [5.41, 5.74) is 4.67. The zero-order valence-corrected chi connectivity index (χ0v) is 7.22. The van der Waals surface area contributed by atoms with Gasteiger partial charge in [-0.25, -0.2) is 13.8 Å². The molecule has 0 unspecified atom stereocenters. The fourth-order valence-corrected chi connectivity index (χ4v) is 1.11. The molecule has 0 atom stereocenters. The molecule has 72 valence electrons. The van der Waals surface area contributed by atoms with E-state index in [-0.39, 0.29) is 16.4 Å². The summed E-state index contributed by atoms with van der Waals surface area (Å²) < 4.78 is 24.5. The number of nitrogens with zero attached hydrogens (tertiary/aromatic N) is 1. The fraction of sp³-hybridized carbons (Fsp3) is 0.286. The van der Waals surface area contributed by atoms with Crippen LogP contribution >= 0.6 is 11.6 Å². The van der Waals surface area contributed by atoms with Crippen molar-refractivity contribution in [3.05, 3.63) is 22.5 Å². The highest BCUT2D eigenvalue weighted by Crippen LogP contribution is 2.27. The molecule has 6 heteroatoms. The quantitative estimate of drug-likeness (QED) is 0.728. The van der Waals surface area contributed by atoms with Crippen molar-refractivity contribution >= 4 is 17.3 Å². The average molecular weight is 209 g/mol. The molecule has 3 nitrogen and oxygen atoms in total. The zero-order valence-electron chi connectivity index (χ0n) is 6.47. The number of hydrogen-bond donors (Lipinski definition) is 2. The maximum Gasteiger partial charge on any atom is 0.282 e. The molecule has 0 fully saturated rings. The van der Waals surface area contributed by atoms with Crippen LogP contribution in [-0.4, -0.2) is 10.1 Å². The van der Waals surface area contributed by atoms with E-state index in [9.17, 15) is 8.78 Å². The third-order valence-corrected chi connectivity index (χ3v) is 1.71. The van der Waals surface area contributed by atoms with Gasteiger partial charge in [0.2, 0.25) is 0 Å². The molecule has 0 spiro atoms. The average Bonchev–Trinajstić information content (AvgIpc) is 2.08. The molecular weight excluding hydrogens is 202 g/mol. The molecular formula is C7H7ClF2N2O. The van der Waals surface area contributed by atoms with Crippen molar-refractivity contribution in [3.63, 3.8) is 0 Å². The first kappa shape index (κ1) is 10.1. The third-order valence-electron chi connectivity index (χ3n) is 1.52. The van der Waals surface area contributed by atoms with Crippen LogP contribution in [0.1, 0.15) is 17.7 Å². The minimum Gasteiger partial charge on any atom is -0.397 e. The second-order valence-corrected chi connectivity index (χ2v) is 2.75. The van der Waals surface area contributed by atoms with Crippen LogP contribution in [0, 0.1) is 0 Å². The second kappa shape index (κ2) is 3.85. The van der Waals surface area contributed by atoms with E-state index in [4.69, 9.17) is 22.4 Å². The Morgan fingerprint density at radius 1 is 1.62 bits per heavy atom. The number of anilines is 1. The predicted octanol–water partition coefficient (Wildman–Crippen LogP) is 1.75. The van der Waals surface area contributed by atoms with Crippen LogP contribution in [-0.2, 0) is 6.61 Å². The van der Waals surface area contributed by atoms with E-state index >= 15 is 0 Å². The lowest BCUT2D eigenvalue weighted by Crippen LogP contribution is -2.03. The summed E-state index contributed by atoms with van der Waals surface area (Å²) in [6, 6.07) is 1.25. The van der Waals surface area contributed by atoms with Crippen LogP contribution in [0.15, 0.2) is 6.07 Å². The van der Waals surface area contributed by atoms with Gasteiger partial charge in [0.25, 0.3) is 6.43 Å². The number of aliphatic hydroxyl groups excluding tert-OH is 1. The highest BCUT2D eigenvalue weighted by atomic mass is 35.5. The summed E-state index contributed by atoms with van der Waals surface area (Å²) >= 11 is 5.43. The minimum atomic E-state index is -2.79. The van der Waals surface area contributed by atoms with Gasteiger partial charge in [-0.1, -0.05) is 11.6 Å². The summed E-state index contributed by atoms with van der Waals surface area (Å²) in [6.07, 6.45) is -2.79. The Kier molecular flexibility index (Phi) is 3.00. The van der Waals surface area contributed by atoms with Crippen LogP contribution in [0.25, 0.3) is 0 Å². The molecule has 0 aliphatic carbocycles. The van der Waals surface area contributed by atoms with Crippen molar-refractivity contribution in [3.8, 4) is 0 Å². The molecule has 0 saturated heterocycles. The Bertz CT molecular complexity index is 320. The van der Waals surface area contributed by atoms with Gasteiger partial charge in [0, 0.05) is 5.56 Å². The number of nitrogens with two attached hydrogens (primary N) is 1. The van der Waals surface area contributed by atoms with Gasteiger partial charge < -0.3 is 10.8 Å². The largest absolute Gasteiger partial charge is 0.397 e. The first-order valence-corrected chi connectivity index (χ1v) is 3.78. The van der Waals surface area contributed by atoms with Crippen molar-refractivity contribution in [2.24, 2.45) is 0 Å². The van der Waals surface area contributed by atoms with Gasteiger partial charge in [-0.05, 0) is 6.07 Å². The predicted molar refractivity (Wildman–Crippen MR) is 44.5 cm³/mol. The maximum absolute atomic E-state index is 12.2. The van der Waals surface area contributed by atoms with Gasteiger partial charge in [0.05, 0.1) is 12.3 Å². The number of alkyl halides is 2. The highest BCUT2D eigenvalue weighted by molar-refractivity contribution is 6.29. The monoisotopic (exact) mass is 208 g/mol. The van der Waals surface area contributed by atoms with Gasteiger partial charge in [0.1, 0.15) is 10.8 Å². The smallest absolute Gasteiger partial charge is 0.282 e. The highest BCUT2D eigenvalue weighted by Gasteiger charge is 2.16. The number of pyridine rings is 1. The van der Waals surface area contributed by atoms with Gasteiger partial charge in [-0.3, -0.25) is 0 Å². The van der Waals surface area contributed by atoms with E-state index in [1.54, 1.807) is 0 Å². The summed E-state index contributed by atoms with van der Waals surface area (Å²) in [6.45, 7) is -0.437. The number of rotatable bonds is 2. The van der Waals surface area contributed by atoms with Crippen molar-refractivity contribution in [1.82, 2.24) is 4.98 Å². The fourth-order valence-electron chi connectivity index (χ4n) is 0.891. The van der Waals surface area contributed by atoms with Gasteiger partial charge in [-0.2, -0.15) is 0 Å². The Hall–Kier alpha value is -0.940. The molecule has 0 bridgehead atoms.